The fourth-order valence-corrected chi connectivity index (χ4v) is 4.16. The molecule has 3 aromatic carbocycles. The van der Waals surface area contributed by atoms with Crippen LogP contribution in [0, 0.1) is 6.92 Å². The van der Waals surface area contributed by atoms with Gasteiger partial charge in [-0.2, -0.15) is 4.98 Å². The molecule has 0 aliphatic carbocycles. The van der Waals surface area contributed by atoms with Crippen molar-refractivity contribution < 1.29 is 9.32 Å². The van der Waals surface area contributed by atoms with E-state index in [2.05, 4.69) is 39.3 Å². The number of carbonyl (C=O) groups excluding carboxylic acids is 1. The third-order valence-electron chi connectivity index (χ3n) is 6.04. The predicted molar refractivity (Wildman–Crippen MR) is 128 cm³/mol. The fraction of sp³-hybridized carbons (Fsp3) is 0.222. The van der Waals surface area contributed by atoms with Crippen molar-refractivity contribution in [3.05, 3.63) is 95.9 Å². The normalized spacial score (nSPS) is 14.4. The van der Waals surface area contributed by atoms with Gasteiger partial charge in [-0.3, -0.25) is 9.69 Å². The van der Waals surface area contributed by atoms with Gasteiger partial charge in [-0.25, -0.2) is 0 Å². The molecular formula is C27H26N4O2. The first kappa shape index (κ1) is 21.1. The molecule has 1 fully saturated rings. The van der Waals surface area contributed by atoms with Crippen LogP contribution in [-0.2, 0) is 6.54 Å². The SMILES string of the molecule is Cc1nc(-c2ccc(CN3CCN(C(=O)c4ccc(-c5ccccc5)cc4)CC3)cc2)no1. The standard InChI is InChI=1S/C27H26N4O2/c1-20-28-26(29-33-20)24-9-7-21(8-10-24)19-30-15-17-31(18-16-30)27(32)25-13-11-23(12-14-25)22-5-3-2-4-6-22/h2-14H,15-19H2,1H3. The van der Waals surface area contributed by atoms with Crippen molar-refractivity contribution in [3.8, 4) is 22.5 Å². The Bertz CT molecular complexity index is 1210. The number of aromatic nitrogens is 2. The lowest BCUT2D eigenvalue weighted by Crippen LogP contribution is -2.48. The number of nitrogens with zero attached hydrogens (tertiary/aromatic N) is 4. The van der Waals surface area contributed by atoms with Crippen LogP contribution in [0.15, 0.2) is 83.4 Å². The number of rotatable bonds is 5. The third-order valence-corrected chi connectivity index (χ3v) is 6.04. The Hall–Kier alpha value is -3.77. The lowest BCUT2D eigenvalue weighted by molar-refractivity contribution is 0.0628. The van der Waals surface area contributed by atoms with Crippen LogP contribution in [0.5, 0.6) is 0 Å². The summed E-state index contributed by atoms with van der Waals surface area (Å²) in [7, 11) is 0. The van der Waals surface area contributed by atoms with Crippen LogP contribution in [0.1, 0.15) is 21.8 Å². The summed E-state index contributed by atoms with van der Waals surface area (Å²) in [5, 5.41) is 3.97. The minimum Gasteiger partial charge on any atom is -0.339 e. The summed E-state index contributed by atoms with van der Waals surface area (Å²) in [6.45, 7) is 5.84. The van der Waals surface area contributed by atoms with Gasteiger partial charge in [0.2, 0.25) is 11.7 Å². The van der Waals surface area contributed by atoms with Gasteiger partial charge in [0.1, 0.15) is 0 Å². The summed E-state index contributed by atoms with van der Waals surface area (Å²) >= 11 is 0. The molecule has 1 aromatic heterocycles. The quantitative estimate of drug-likeness (QED) is 0.453. The average molecular weight is 439 g/mol. The molecule has 0 atom stereocenters. The highest BCUT2D eigenvalue weighted by molar-refractivity contribution is 5.94. The molecule has 0 saturated carbocycles. The summed E-state index contributed by atoms with van der Waals surface area (Å²) in [5.41, 5.74) is 5.21. The van der Waals surface area contributed by atoms with E-state index in [1.807, 2.05) is 59.5 Å². The maximum Gasteiger partial charge on any atom is 0.253 e. The Balaban J connectivity index is 1.15. The molecule has 0 bridgehead atoms. The van der Waals surface area contributed by atoms with Crippen LogP contribution < -0.4 is 0 Å². The van der Waals surface area contributed by atoms with Gasteiger partial charge in [0.15, 0.2) is 0 Å². The van der Waals surface area contributed by atoms with Crippen molar-refractivity contribution in [1.82, 2.24) is 19.9 Å². The number of benzene rings is 3. The summed E-state index contributed by atoms with van der Waals surface area (Å²) < 4.78 is 5.06. The zero-order valence-electron chi connectivity index (χ0n) is 18.6. The van der Waals surface area contributed by atoms with Crippen LogP contribution in [0.4, 0.5) is 0 Å². The maximum atomic E-state index is 13.0. The van der Waals surface area contributed by atoms with Gasteiger partial charge in [0, 0.05) is 50.8 Å². The molecule has 0 N–H and O–H groups in total. The van der Waals surface area contributed by atoms with Crippen molar-refractivity contribution in [2.45, 2.75) is 13.5 Å². The number of hydrogen-bond donors (Lipinski definition) is 0. The number of aryl methyl sites for hydroxylation is 1. The topological polar surface area (TPSA) is 62.5 Å². The molecule has 5 rings (SSSR count). The minimum absolute atomic E-state index is 0.106. The van der Waals surface area contributed by atoms with Gasteiger partial charge in [0.05, 0.1) is 0 Å². The van der Waals surface area contributed by atoms with E-state index in [9.17, 15) is 4.79 Å². The van der Waals surface area contributed by atoms with E-state index in [1.165, 1.54) is 5.56 Å². The molecule has 0 spiro atoms. The monoisotopic (exact) mass is 438 g/mol. The maximum absolute atomic E-state index is 13.0. The van der Waals surface area contributed by atoms with E-state index >= 15 is 0 Å². The number of hydrogen-bond acceptors (Lipinski definition) is 5. The summed E-state index contributed by atoms with van der Waals surface area (Å²) in [6, 6.07) is 26.4. The van der Waals surface area contributed by atoms with Crippen LogP contribution in [0.25, 0.3) is 22.5 Å². The van der Waals surface area contributed by atoms with Crippen LogP contribution in [0.2, 0.25) is 0 Å². The molecule has 0 radical (unpaired) electrons. The highest BCUT2D eigenvalue weighted by Gasteiger charge is 2.22. The van der Waals surface area contributed by atoms with Gasteiger partial charge in [-0.05, 0) is 28.8 Å². The van der Waals surface area contributed by atoms with Crippen molar-refractivity contribution in [1.29, 1.82) is 0 Å². The van der Waals surface area contributed by atoms with E-state index in [-0.39, 0.29) is 5.91 Å². The minimum atomic E-state index is 0.106. The van der Waals surface area contributed by atoms with Crippen LogP contribution >= 0.6 is 0 Å². The Morgan fingerprint density at radius 3 is 2.09 bits per heavy atom. The Morgan fingerprint density at radius 1 is 0.818 bits per heavy atom. The first-order valence-electron chi connectivity index (χ1n) is 11.2. The van der Waals surface area contributed by atoms with Gasteiger partial charge in [-0.1, -0.05) is 71.9 Å². The Labute approximate surface area is 193 Å². The molecule has 33 heavy (non-hydrogen) atoms. The van der Waals surface area contributed by atoms with Crippen LogP contribution in [0.3, 0.4) is 0 Å². The largest absolute Gasteiger partial charge is 0.339 e. The third kappa shape index (κ3) is 4.86. The van der Waals surface area contributed by atoms with Gasteiger partial charge in [-0.15, -0.1) is 0 Å². The molecule has 0 unspecified atom stereocenters. The summed E-state index contributed by atoms with van der Waals surface area (Å²) in [6.07, 6.45) is 0. The highest BCUT2D eigenvalue weighted by Crippen LogP contribution is 2.21. The van der Waals surface area contributed by atoms with Gasteiger partial charge in [0.25, 0.3) is 5.91 Å². The van der Waals surface area contributed by atoms with Crippen molar-refractivity contribution in [2.75, 3.05) is 26.2 Å². The van der Waals surface area contributed by atoms with E-state index in [4.69, 9.17) is 4.52 Å². The average Bonchev–Trinajstić information content (AvgIpc) is 3.31. The Morgan fingerprint density at radius 2 is 1.45 bits per heavy atom. The number of carbonyl (C=O) groups is 1. The molecule has 4 aromatic rings. The molecule has 1 saturated heterocycles. The molecule has 1 aliphatic rings. The lowest BCUT2D eigenvalue weighted by atomic mass is 10.0. The Kier molecular flexibility index (Phi) is 6.00. The first-order valence-corrected chi connectivity index (χ1v) is 11.2. The molecule has 166 valence electrons. The molecule has 6 heteroatoms. The second-order valence-corrected chi connectivity index (χ2v) is 8.35. The molecule has 6 nitrogen and oxygen atoms in total. The van der Waals surface area contributed by atoms with E-state index in [0.29, 0.717) is 11.7 Å². The molecule has 1 amide bonds. The smallest absolute Gasteiger partial charge is 0.253 e. The number of piperazine rings is 1. The highest BCUT2D eigenvalue weighted by atomic mass is 16.5. The molecular weight excluding hydrogens is 412 g/mol. The van der Waals surface area contributed by atoms with E-state index in [1.54, 1.807) is 6.92 Å². The van der Waals surface area contributed by atoms with Gasteiger partial charge < -0.3 is 9.42 Å². The fourth-order valence-electron chi connectivity index (χ4n) is 4.16. The van der Waals surface area contributed by atoms with Crippen molar-refractivity contribution >= 4 is 5.91 Å². The van der Waals surface area contributed by atoms with Crippen molar-refractivity contribution in [2.24, 2.45) is 0 Å². The zero-order chi connectivity index (χ0) is 22.6. The predicted octanol–water partition coefficient (Wildman–Crippen LogP) is 4.67. The zero-order valence-corrected chi connectivity index (χ0v) is 18.6. The lowest BCUT2D eigenvalue weighted by Gasteiger charge is -2.34. The summed E-state index contributed by atoms with van der Waals surface area (Å²) in [5.74, 6) is 1.28. The van der Waals surface area contributed by atoms with Gasteiger partial charge >= 0.3 is 0 Å². The molecule has 2 heterocycles. The number of amides is 1. The second-order valence-electron chi connectivity index (χ2n) is 8.35. The molecule has 1 aliphatic heterocycles. The first-order chi connectivity index (χ1) is 16.2. The van der Waals surface area contributed by atoms with Crippen LogP contribution in [-0.4, -0.2) is 52.0 Å². The van der Waals surface area contributed by atoms with Crippen molar-refractivity contribution in [3.63, 3.8) is 0 Å². The van der Waals surface area contributed by atoms with E-state index in [0.717, 1.165) is 55.0 Å². The van der Waals surface area contributed by atoms with E-state index < -0.39 is 0 Å². The summed E-state index contributed by atoms with van der Waals surface area (Å²) in [4.78, 5) is 21.6. The second kappa shape index (κ2) is 9.38.